The molecule has 10 heteroatoms. The summed E-state index contributed by atoms with van der Waals surface area (Å²) in [4.78, 5) is 40.6. The topological polar surface area (TPSA) is 130 Å². The minimum atomic E-state index is -4.02. The highest BCUT2D eigenvalue weighted by Gasteiger charge is 2.22. The first-order chi connectivity index (χ1) is 16.8. The second-order valence-electron chi connectivity index (χ2n) is 8.97. The summed E-state index contributed by atoms with van der Waals surface area (Å²) >= 11 is 0. The van der Waals surface area contributed by atoms with Gasteiger partial charge in [-0.3, -0.25) is 9.36 Å². The van der Waals surface area contributed by atoms with Crippen molar-refractivity contribution < 1.29 is 13.2 Å². The third kappa shape index (κ3) is 5.64. The second kappa shape index (κ2) is 10.5. The number of rotatable bonds is 7. The fraction of sp³-hybridized carbons (Fsp3) is 0.400. The lowest BCUT2D eigenvalue weighted by Gasteiger charge is -2.22. The average molecular weight is 499 g/mol. The number of hydrogen-bond acceptors (Lipinski definition) is 5. The van der Waals surface area contributed by atoms with Crippen molar-refractivity contribution in [2.24, 2.45) is 0 Å². The van der Waals surface area contributed by atoms with Gasteiger partial charge in [0.15, 0.2) is 0 Å². The van der Waals surface area contributed by atoms with E-state index in [0.717, 1.165) is 37.7 Å². The minimum Gasteiger partial charge on any atom is -0.335 e. The zero-order chi connectivity index (χ0) is 25.0. The Labute approximate surface area is 203 Å². The molecule has 0 radical (unpaired) electrons. The number of urea groups is 1. The summed E-state index contributed by atoms with van der Waals surface area (Å²) in [5.74, 6) is 0. The van der Waals surface area contributed by atoms with Gasteiger partial charge in [0.1, 0.15) is 0 Å². The van der Waals surface area contributed by atoms with E-state index in [0.29, 0.717) is 23.7 Å². The van der Waals surface area contributed by atoms with E-state index in [2.05, 4.69) is 15.0 Å². The van der Waals surface area contributed by atoms with Crippen LogP contribution in [0.25, 0.3) is 10.9 Å². The van der Waals surface area contributed by atoms with E-state index >= 15 is 0 Å². The number of para-hydroxylation sites is 1. The summed E-state index contributed by atoms with van der Waals surface area (Å²) in [7, 11) is -4.02. The SMILES string of the molecule is CCC(Cc1ccc(S(=O)(=O)NC(=O)NC2CCCCC2)cc1)n1c(=O)[nH]c2ccccc2c1=O. The van der Waals surface area contributed by atoms with Gasteiger partial charge in [0.25, 0.3) is 15.6 Å². The number of aromatic nitrogens is 2. The minimum absolute atomic E-state index is 0.00559. The van der Waals surface area contributed by atoms with E-state index in [4.69, 9.17) is 0 Å². The number of fused-ring (bicyclic) bond motifs is 1. The Morgan fingerprint density at radius 2 is 1.74 bits per heavy atom. The highest BCUT2D eigenvalue weighted by Crippen LogP contribution is 2.19. The van der Waals surface area contributed by atoms with Crippen LogP contribution < -0.4 is 21.3 Å². The Balaban J connectivity index is 1.48. The van der Waals surface area contributed by atoms with Gasteiger partial charge in [-0.05, 0) is 55.5 Å². The summed E-state index contributed by atoms with van der Waals surface area (Å²) in [6, 6.07) is 11.8. The third-order valence-electron chi connectivity index (χ3n) is 6.55. The molecule has 0 aliphatic heterocycles. The fourth-order valence-electron chi connectivity index (χ4n) is 4.65. The molecule has 186 valence electrons. The molecule has 0 bridgehead atoms. The van der Waals surface area contributed by atoms with E-state index in [1.54, 1.807) is 36.4 Å². The van der Waals surface area contributed by atoms with Gasteiger partial charge in [0.2, 0.25) is 0 Å². The maximum Gasteiger partial charge on any atom is 0.329 e. The lowest BCUT2D eigenvalue weighted by Crippen LogP contribution is -2.45. The molecule has 1 saturated carbocycles. The van der Waals surface area contributed by atoms with E-state index in [-0.39, 0.29) is 16.5 Å². The maximum absolute atomic E-state index is 13.0. The molecular weight excluding hydrogens is 468 g/mol. The summed E-state index contributed by atoms with van der Waals surface area (Å²) in [5.41, 5.74) is 0.418. The molecule has 2 amide bonds. The number of nitrogens with one attached hydrogen (secondary N) is 3. The molecule has 3 aromatic rings. The molecule has 1 aliphatic rings. The third-order valence-corrected chi connectivity index (χ3v) is 7.89. The van der Waals surface area contributed by atoms with Crippen molar-refractivity contribution in [3.8, 4) is 0 Å². The van der Waals surface area contributed by atoms with Crippen LogP contribution in [0.2, 0.25) is 0 Å². The van der Waals surface area contributed by atoms with E-state index in [1.807, 2.05) is 6.92 Å². The first-order valence-electron chi connectivity index (χ1n) is 11.9. The predicted molar refractivity (Wildman–Crippen MR) is 134 cm³/mol. The first-order valence-corrected chi connectivity index (χ1v) is 13.4. The molecule has 0 saturated heterocycles. The lowest BCUT2D eigenvalue weighted by molar-refractivity contribution is 0.237. The van der Waals surface area contributed by atoms with Gasteiger partial charge in [0, 0.05) is 12.1 Å². The summed E-state index contributed by atoms with van der Waals surface area (Å²) in [6.45, 7) is 1.89. The van der Waals surface area contributed by atoms with Crippen LogP contribution in [0.15, 0.2) is 63.0 Å². The van der Waals surface area contributed by atoms with E-state index in [9.17, 15) is 22.8 Å². The number of hydrogen-bond donors (Lipinski definition) is 3. The highest BCUT2D eigenvalue weighted by atomic mass is 32.2. The van der Waals surface area contributed by atoms with Crippen LogP contribution in [0.4, 0.5) is 4.79 Å². The molecule has 0 spiro atoms. The number of nitrogens with zero attached hydrogens (tertiary/aromatic N) is 1. The van der Waals surface area contributed by atoms with Crippen molar-refractivity contribution >= 4 is 27.0 Å². The second-order valence-corrected chi connectivity index (χ2v) is 10.7. The number of carbonyl (C=O) groups excluding carboxylic acids is 1. The Bertz CT molecular complexity index is 1420. The highest BCUT2D eigenvalue weighted by molar-refractivity contribution is 7.90. The molecule has 3 N–H and O–H groups in total. The van der Waals surface area contributed by atoms with Crippen LogP contribution in [-0.2, 0) is 16.4 Å². The van der Waals surface area contributed by atoms with Crippen molar-refractivity contribution in [1.29, 1.82) is 0 Å². The van der Waals surface area contributed by atoms with Crippen LogP contribution in [0, 0.1) is 0 Å². The monoisotopic (exact) mass is 498 g/mol. The molecule has 2 aromatic carbocycles. The van der Waals surface area contributed by atoms with Crippen molar-refractivity contribution in [3.63, 3.8) is 0 Å². The van der Waals surface area contributed by atoms with Gasteiger partial charge in [0.05, 0.1) is 15.8 Å². The average Bonchev–Trinajstić information content (AvgIpc) is 2.84. The molecule has 35 heavy (non-hydrogen) atoms. The van der Waals surface area contributed by atoms with Crippen molar-refractivity contribution in [2.75, 3.05) is 0 Å². The number of benzene rings is 2. The molecule has 1 aliphatic carbocycles. The number of H-pyrrole nitrogens is 1. The van der Waals surface area contributed by atoms with Gasteiger partial charge in [-0.25, -0.2) is 22.7 Å². The van der Waals surface area contributed by atoms with Crippen LogP contribution >= 0.6 is 0 Å². The molecule has 4 rings (SSSR count). The number of sulfonamides is 1. The molecule has 1 aromatic heterocycles. The largest absolute Gasteiger partial charge is 0.335 e. The molecule has 1 fully saturated rings. The molecule has 1 unspecified atom stereocenters. The van der Waals surface area contributed by atoms with Gasteiger partial charge in [-0.15, -0.1) is 0 Å². The summed E-state index contributed by atoms with van der Waals surface area (Å²) in [5, 5.41) is 3.17. The van der Waals surface area contributed by atoms with Crippen LogP contribution in [0.1, 0.15) is 57.1 Å². The first kappa shape index (κ1) is 24.7. The molecule has 1 atom stereocenters. The summed E-state index contributed by atoms with van der Waals surface area (Å²) in [6.07, 6.45) is 5.78. The predicted octanol–water partition coefficient (Wildman–Crippen LogP) is 3.20. The fourth-order valence-corrected chi connectivity index (χ4v) is 5.56. The Hall–Kier alpha value is -3.40. The molecule has 1 heterocycles. The molecule has 9 nitrogen and oxygen atoms in total. The number of carbonyl (C=O) groups is 1. The van der Waals surface area contributed by atoms with Gasteiger partial charge >= 0.3 is 11.7 Å². The Morgan fingerprint density at radius 1 is 1.06 bits per heavy atom. The van der Waals surface area contributed by atoms with Crippen molar-refractivity contribution in [1.82, 2.24) is 19.6 Å². The number of amides is 2. The van der Waals surface area contributed by atoms with Crippen molar-refractivity contribution in [2.45, 2.75) is 68.8 Å². The lowest BCUT2D eigenvalue weighted by atomic mass is 9.96. The maximum atomic E-state index is 13.0. The molecular formula is C25H30N4O5S. The van der Waals surface area contributed by atoms with Crippen LogP contribution in [0.3, 0.4) is 0 Å². The van der Waals surface area contributed by atoms with Crippen molar-refractivity contribution in [3.05, 3.63) is 74.9 Å². The normalized spacial score (nSPS) is 15.6. The van der Waals surface area contributed by atoms with E-state index in [1.165, 1.54) is 16.7 Å². The summed E-state index contributed by atoms with van der Waals surface area (Å²) < 4.78 is 28.6. The zero-order valence-corrected chi connectivity index (χ0v) is 20.4. The van der Waals surface area contributed by atoms with Crippen LogP contribution in [0.5, 0.6) is 0 Å². The van der Waals surface area contributed by atoms with Crippen LogP contribution in [-0.4, -0.2) is 30.0 Å². The Morgan fingerprint density at radius 3 is 2.43 bits per heavy atom. The zero-order valence-electron chi connectivity index (χ0n) is 19.6. The van der Waals surface area contributed by atoms with E-state index < -0.39 is 27.8 Å². The number of aromatic amines is 1. The smallest absolute Gasteiger partial charge is 0.329 e. The van der Waals surface area contributed by atoms with Gasteiger partial charge in [-0.2, -0.15) is 0 Å². The van der Waals surface area contributed by atoms with Gasteiger partial charge < -0.3 is 10.3 Å². The standard InChI is InChI=1S/C25H30N4O5S/c1-2-19(29-23(30)21-10-6-7-11-22(21)27-25(29)32)16-17-12-14-20(15-13-17)35(33,34)28-24(31)26-18-8-4-3-5-9-18/h6-7,10-15,18-19H,2-5,8-9,16H2,1H3,(H,27,32)(H2,26,28,31). The Kier molecular flexibility index (Phi) is 7.39. The van der Waals surface area contributed by atoms with Gasteiger partial charge in [-0.1, -0.05) is 50.5 Å². The quantitative estimate of drug-likeness (QED) is 0.461.